The van der Waals surface area contributed by atoms with Crippen molar-refractivity contribution in [1.82, 2.24) is 0 Å². The normalized spacial score (nSPS) is 73.6. The van der Waals surface area contributed by atoms with E-state index in [4.69, 9.17) is 0 Å². The fraction of sp³-hybridized carbons (Fsp3) is 1.00. The standard InChI is InChI=1S/C18H24I2O2/c19-17-11-5-1-3-7(21)9(5)15-13(11)14-12(18(15)20)6-2-4-8(22)10(6)16(14)17/h5-18,21-22H,1-4H2/t5-,6-,7-,8+,9+,10-,11+,12-,13-,14-,15+,16+,17-,18-/m1/s1. The summed E-state index contributed by atoms with van der Waals surface area (Å²) >= 11 is 5.56. The van der Waals surface area contributed by atoms with E-state index in [0.717, 1.165) is 68.0 Å². The first-order valence-corrected chi connectivity index (χ1v) is 11.7. The lowest BCUT2D eigenvalue weighted by Gasteiger charge is -2.32. The van der Waals surface area contributed by atoms with Crippen molar-refractivity contribution in [3.63, 3.8) is 0 Å². The van der Waals surface area contributed by atoms with E-state index >= 15 is 0 Å². The van der Waals surface area contributed by atoms with Crippen molar-refractivity contribution in [2.45, 2.75) is 45.7 Å². The fourth-order valence-corrected chi connectivity index (χ4v) is 12.9. The minimum Gasteiger partial charge on any atom is -0.393 e. The minimum atomic E-state index is -0.0105. The van der Waals surface area contributed by atoms with Crippen LogP contribution in [0.1, 0.15) is 25.7 Å². The van der Waals surface area contributed by atoms with E-state index in [0.29, 0.717) is 11.8 Å². The Balaban J connectivity index is 1.49. The largest absolute Gasteiger partial charge is 0.393 e. The molecule has 0 amide bonds. The minimum absolute atomic E-state index is 0.0105. The number of halogens is 2. The summed E-state index contributed by atoms with van der Waals surface area (Å²) in [5.74, 6) is 7.92. The predicted molar refractivity (Wildman–Crippen MR) is 101 cm³/mol. The van der Waals surface area contributed by atoms with Gasteiger partial charge in [0.05, 0.1) is 12.2 Å². The van der Waals surface area contributed by atoms with Gasteiger partial charge < -0.3 is 10.2 Å². The molecule has 122 valence electrons. The molecule has 0 aromatic heterocycles. The van der Waals surface area contributed by atoms with Gasteiger partial charge >= 0.3 is 0 Å². The van der Waals surface area contributed by atoms with Gasteiger partial charge in [0.2, 0.25) is 0 Å². The summed E-state index contributed by atoms with van der Waals surface area (Å²) in [6.07, 6.45) is 4.63. The summed E-state index contributed by atoms with van der Waals surface area (Å²) in [4.78, 5) is 0. The van der Waals surface area contributed by atoms with Crippen LogP contribution in [-0.2, 0) is 0 Å². The van der Waals surface area contributed by atoms with Crippen LogP contribution in [0.4, 0.5) is 0 Å². The van der Waals surface area contributed by atoms with Crippen molar-refractivity contribution < 1.29 is 10.2 Å². The zero-order valence-electron chi connectivity index (χ0n) is 12.6. The highest BCUT2D eigenvalue weighted by Gasteiger charge is 2.77. The zero-order valence-corrected chi connectivity index (χ0v) is 16.9. The maximum absolute atomic E-state index is 10.6. The zero-order chi connectivity index (χ0) is 14.9. The van der Waals surface area contributed by atoms with Gasteiger partial charge in [-0.3, -0.25) is 0 Å². The Bertz CT molecular complexity index is 481. The van der Waals surface area contributed by atoms with Crippen LogP contribution in [0.15, 0.2) is 0 Å². The first kappa shape index (κ1) is 14.5. The second kappa shape index (κ2) is 4.56. The molecular weight excluding hydrogens is 502 g/mol. The van der Waals surface area contributed by atoms with Crippen LogP contribution in [0.2, 0.25) is 0 Å². The Labute approximate surface area is 159 Å². The Hall–Kier alpha value is 1.38. The van der Waals surface area contributed by atoms with Crippen LogP contribution >= 0.6 is 45.2 Å². The van der Waals surface area contributed by atoms with E-state index in [2.05, 4.69) is 45.2 Å². The van der Waals surface area contributed by atoms with Crippen molar-refractivity contribution in [3.05, 3.63) is 0 Å². The number of hydrogen-bond donors (Lipinski definition) is 2. The van der Waals surface area contributed by atoms with Crippen LogP contribution in [0, 0.1) is 59.2 Å². The van der Waals surface area contributed by atoms with Gasteiger partial charge in [0, 0.05) is 7.85 Å². The van der Waals surface area contributed by atoms with Gasteiger partial charge in [-0.1, -0.05) is 45.2 Å². The lowest BCUT2D eigenvalue weighted by molar-refractivity contribution is 0.0746. The van der Waals surface area contributed by atoms with Crippen molar-refractivity contribution in [1.29, 1.82) is 0 Å². The van der Waals surface area contributed by atoms with Crippen LogP contribution in [0.3, 0.4) is 0 Å². The van der Waals surface area contributed by atoms with E-state index < -0.39 is 0 Å². The van der Waals surface area contributed by atoms with Crippen LogP contribution in [0.5, 0.6) is 0 Å². The second-order valence-electron chi connectivity index (χ2n) is 9.12. The fourth-order valence-electron chi connectivity index (χ4n) is 8.93. The third kappa shape index (κ3) is 1.41. The van der Waals surface area contributed by atoms with Crippen LogP contribution in [0.25, 0.3) is 0 Å². The maximum atomic E-state index is 10.6. The number of aliphatic hydroxyl groups excluding tert-OH is 2. The van der Waals surface area contributed by atoms with Crippen molar-refractivity contribution in [2.75, 3.05) is 0 Å². The molecule has 0 saturated heterocycles. The highest BCUT2D eigenvalue weighted by molar-refractivity contribution is 14.1. The molecule has 2 nitrogen and oxygen atoms in total. The molecule has 0 aromatic carbocycles. The first-order valence-electron chi connectivity index (χ1n) is 9.25. The van der Waals surface area contributed by atoms with E-state index in [1.54, 1.807) is 0 Å². The molecule has 6 rings (SSSR count). The number of hydrogen-bond acceptors (Lipinski definition) is 2. The molecule has 2 N–H and O–H groups in total. The molecule has 0 spiro atoms. The smallest absolute Gasteiger partial charge is 0.0574 e. The molecule has 6 fully saturated rings. The molecule has 4 heteroatoms. The Morgan fingerprint density at radius 1 is 0.500 bits per heavy atom. The highest BCUT2D eigenvalue weighted by Crippen LogP contribution is 2.78. The third-order valence-electron chi connectivity index (χ3n) is 9.04. The Morgan fingerprint density at radius 3 is 1.32 bits per heavy atom. The van der Waals surface area contributed by atoms with E-state index in [-0.39, 0.29) is 12.2 Å². The van der Waals surface area contributed by atoms with Gasteiger partial charge in [0.1, 0.15) is 0 Å². The van der Waals surface area contributed by atoms with Gasteiger partial charge in [-0.25, -0.2) is 0 Å². The SMILES string of the molecule is O[C@@H]1CC[C@@H]2[C@@H]1[C@@H]1[C@H](I)[C@@H]3[C@@H]4CC[C@H](O)[C@@H]4[C@@H]4[C@H](I)[C@@H]2[C@@H]1[C@H]43. The summed E-state index contributed by atoms with van der Waals surface area (Å²) in [5, 5.41) is 21.3. The lowest BCUT2D eigenvalue weighted by atomic mass is 9.79. The summed E-state index contributed by atoms with van der Waals surface area (Å²) in [6, 6.07) is 0. The average Bonchev–Trinajstić information content (AvgIpc) is 3.22. The van der Waals surface area contributed by atoms with E-state index in [1.807, 2.05) is 0 Å². The maximum Gasteiger partial charge on any atom is 0.0574 e. The van der Waals surface area contributed by atoms with Gasteiger partial charge in [0.25, 0.3) is 0 Å². The van der Waals surface area contributed by atoms with Gasteiger partial charge in [-0.15, -0.1) is 0 Å². The molecule has 14 atom stereocenters. The quantitative estimate of drug-likeness (QED) is 0.377. The van der Waals surface area contributed by atoms with Crippen molar-refractivity contribution in [3.8, 4) is 0 Å². The van der Waals surface area contributed by atoms with Crippen molar-refractivity contribution in [2.24, 2.45) is 59.2 Å². The summed E-state index contributed by atoms with van der Waals surface area (Å²) in [5.41, 5.74) is 0. The average molecular weight is 526 g/mol. The molecule has 0 bridgehead atoms. The van der Waals surface area contributed by atoms with E-state index in [1.165, 1.54) is 12.8 Å². The Morgan fingerprint density at radius 2 is 0.909 bits per heavy atom. The molecule has 6 saturated carbocycles. The van der Waals surface area contributed by atoms with Crippen LogP contribution < -0.4 is 0 Å². The predicted octanol–water partition coefficient (Wildman–Crippen LogP) is 3.12. The molecule has 0 aliphatic heterocycles. The number of alkyl halides is 2. The molecule has 0 heterocycles. The lowest BCUT2D eigenvalue weighted by Crippen LogP contribution is -2.34. The summed E-state index contributed by atoms with van der Waals surface area (Å²) < 4.78 is 1.54. The number of aliphatic hydroxyl groups is 2. The molecule has 6 aliphatic carbocycles. The number of rotatable bonds is 0. The summed E-state index contributed by atoms with van der Waals surface area (Å²) in [7, 11) is 0. The van der Waals surface area contributed by atoms with E-state index in [9.17, 15) is 10.2 Å². The second-order valence-corrected chi connectivity index (χ2v) is 12.0. The third-order valence-corrected chi connectivity index (χ3v) is 12.4. The Kier molecular flexibility index (Phi) is 3.01. The van der Waals surface area contributed by atoms with Crippen molar-refractivity contribution >= 4 is 45.2 Å². The molecule has 0 unspecified atom stereocenters. The summed E-state index contributed by atoms with van der Waals surface area (Å²) in [6.45, 7) is 0. The van der Waals surface area contributed by atoms with Gasteiger partial charge in [-0.05, 0) is 84.9 Å². The van der Waals surface area contributed by atoms with Gasteiger partial charge in [0.15, 0.2) is 0 Å². The monoisotopic (exact) mass is 526 g/mol. The number of fused-ring (bicyclic) bond motifs is 6. The van der Waals surface area contributed by atoms with Crippen LogP contribution in [-0.4, -0.2) is 30.3 Å². The molecular formula is C18H24I2O2. The molecule has 22 heavy (non-hydrogen) atoms. The molecule has 0 radical (unpaired) electrons. The molecule has 6 aliphatic rings. The highest BCUT2D eigenvalue weighted by atomic mass is 127. The van der Waals surface area contributed by atoms with Gasteiger partial charge in [-0.2, -0.15) is 0 Å². The topological polar surface area (TPSA) is 40.5 Å². The first-order chi connectivity index (χ1) is 10.6. The molecule has 0 aromatic rings.